The molecular weight excluding hydrogens is 462 g/mol. The Morgan fingerprint density at radius 2 is 1.94 bits per heavy atom. The lowest BCUT2D eigenvalue weighted by molar-refractivity contribution is -0.121. The number of nitrogens with one attached hydrogen (secondary N) is 1. The number of hydrogen-bond acceptors (Lipinski definition) is 6. The van der Waals surface area contributed by atoms with Crippen LogP contribution in [0, 0.1) is 12.8 Å². The lowest BCUT2D eigenvalue weighted by Crippen LogP contribution is -2.39. The van der Waals surface area contributed by atoms with E-state index < -0.39 is 5.92 Å². The molecule has 2 fully saturated rings. The van der Waals surface area contributed by atoms with Crippen molar-refractivity contribution >= 4 is 28.8 Å². The maximum absolute atomic E-state index is 13.8. The first kappa shape index (κ1) is 24.7. The first-order valence-corrected chi connectivity index (χ1v) is 13.7. The third kappa shape index (κ3) is 6.79. The number of aryl methyl sites for hydroxylation is 1. The van der Waals surface area contributed by atoms with Gasteiger partial charge in [0.2, 0.25) is 5.91 Å². The van der Waals surface area contributed by atoms with Gasteiger partial charge >= 0.3 is 0 Å². The van der Waals surface area contributed by atoms with Gasteiger partial charge in [0.15, 0.2) is 0 Å². The van der Waals surface area contributed by atoms with Crippen molar-refractivity contribution in [2.24, 2.45) is 5.92 Å². The number of alkyl halides is 2. The molecule has 5 nitrogen and oxygen atoms in total. The first-order valence-electron chi connectivity index (χ1n) is 12.0. The van der Waals surface area contributed by atoms with E-state index in [-0.39, 0.29) is 17.4 Å². The summed E-state index contributed by atoms with van der Waals surface area (Å²) < 4.78 is 32.0. The zero-order valence-corrected chi connectivity index (χ0v) is 21.1. The zero-order valence-electron chi connectivity index (χ0n) is 19.5. The topological polar surface area (TPSA) is 58.1 Å². The Morgan fingerprint density at radius 3 is 2.58 bits per heavy atom. The van der Waals surface area contributed by atoms with Gasteiger partial charge in [-0.1, -0.05) is 0 Å². The molecule has 0 unspecified atom stereocenters. The van der Waals surface area contributed by atoms with E-state index in [1.807, 2.05) is 6.92 Å². The maximum Gasteiger partial charge on any atom is 0.273 e. The van der Waals surface area contributed by atoms with Crippen LogP contribution in [0.25, 0.3) is 0 Å². The average molecular weight is 497 g/mol. The largest absolute Gasteiger partial charge is 0.353 e. The molecule has 1 saturated carbocycles. The molecular formula is C24H34F2N4OS2. The Labute approximate surface area is 203 Å². The Bertz CT molecular complexity index is 910. The van der Waals surface area contributed by atoms with Crippen molar-refractivity contribution in [3.05, 3.63) is 32.7 Å². The highest BCUT2D eigenvalue weighted by atomic mass is 32.1. The van der Waals surface area contributed by atoms with Gasteiger partial charge in [0.1, 0.15) is 0 Å². The summed E-state index contributed by atoms with van der Waals surface area (Å²) in [6, 6.07) is 0.294. The Morgan fingerprint density at radius 1 is 1.21 bits per heavy atom. The molecule has 3 heterocycles. The summed E-state index contributed by atoms with van der Waals surface area (Å²) in [7, 11) is 0. The van der Waals surface area contributed by atoms with Crippen molar-refractivity contribution < 1.29 is 13.6 Å². The lowest BCUT2D eigenvalue weighted by atomic mass is 9.83. The predicted molar refractivity (Wildman–Crippen MR) is 129 cm³/mol. The molecule has 182 valence electrons. The molecule has 9 heteroatoms. The van der Waals surface area contributed by atoms with Crippen LogP contribution in [-0.2, 0) is 17.1 Å². The van der Waals surface area contributed by atoms with Crippen LogP contribution in [-0.4, -0.2) is 45.8 Å². The number of thiazole rings is 1. The average Bonchev–Trinajstić information content (AvgIpc) is 3.43. The van der Waals surface area contributed by atoms with Gasteiger partial charge < -0.3 is 10.2 Å². The van der Waals surface area contributed by atoms with Crippen LogP contribution in [0.5, 0.6) is 0 Å². The van der Waals surface area contributed by atoms with Gasteiger partial charge in [-0.15, -0.1) is 11.3 Å². The van der Waals surface area contributed by atoms with Crippen LogP contribution in [0.15, 0.2) is 11.6 Å². The fraction of sp³-hybridized carbons (Fsp3) is 0.708. The minimum atomic E-state index is -2.81. The minimum absolute atomic E-state index is 0.106. The molecule has 0 radical (unpaired) electrons. The summed E-state index contributed by atoms with van der Waals surface area (Å²) >= 11 is 2.74. The number of piperidine rings is 1. The molecule has 1 aliphatic heterocycles. The van der Waals surface area contributed by atoms with Crippen LogP contribution in [0.4, 0.5) is 8.78 Å². The van der Waals surface area contributed by atoms with E-state index in [9.17, 15) is 13.6 Å². The third-order valence-corrected chi connectivity index (χ3v) is 8.67. The van der Waals surface area contributed by atoms with Crippen LogP contribution in [0.1, 0.15) is 78.9 Å². The molecule has 2 aromatic heterocycles. The van der Waals surface area contributed by atoms with Crippen molar-refractivity contribution in [1.82, 2.24) is 19.6 Å². The number of carbonyl (C=O) groups is 1. The molecule has 2 aromatic rings. The monoisotopic (exact) mass is 496 g/mol. The number of rotatable bonds is 8. The smallest absolute Gasteiger partial charge is 0.273 e. The second-order valence-electron chi connectivity index (χ2n) is 9.71. The summed E-state index contributed by atoms with van der Waals surface area (Å²) in [4.78, 5) is 20.0. The normalized spacial score (nSPS) is 23.0. The number of carbonyl (C=O) groups excluding carboxylic acids is 1. The van der Waals surface area contributed by atoms with E-state index >= 15 is 0 Å². The molecule has 0 spiro atoms. The number of nitrogens with zero attached hydrogens (tertiary/aromatic N) is 3. The van der Waals surface area contributed by atoms with Gasteiger partial charge in [-0.05, 0) is 89.0 Å². The van der Waals surface area contributed by atoms with Crippen LogP contribution in [0.2, 0.25) is 0 Å². The van der Waals surface area contributed by atoms with Crippen molar-refractivity contribution in [3.63, 3.8) is 0 Å². The lowest BCUT2D eigenvalue weighted by Gasteiger charge is -2.34. The SMILES string of the molecule is Cc1ncc(CC(=O)NC2CCC(CCN3CCC(c4nscc4C(C)(F)F)CC3)CC2)s1. The van der Waals surface area contributed by atoms with Gasteiger partial charge in [-0.2, -0.15) is 4.37 Å². The van der Waals surface area contributed by atoms with Gasteiger partial charge in [-0.25, -0.2) is 13.8 Å². The van der Waals surface area contributed by atoms with Crippen molar-refractivity contribution in [1.29, 1.82) is 0 Å². The number of amides is 1. The molecule has 0 atom stereocenters. The zero-order chi connectivity index (χ0) is 23.4. The van der Waals surface area contributed by atoms with E-state index in [2.05, 4.69) is 19.6 Å². The molecule has 1 N–H and O–H groups in total. The van der Waals surface area contributed by atoms with E-state index in [4.69, 9.17) is 0 Å². The standard InChI is InChI=1S/C24H34F2N4OS2/c1-16-27-14-20(33-16)13-22(31)28-19-5-3-17(4-6-19)7-10-30-11-8-18(9-12-30)23-21(15-32-29-23)24(2,25)26/h14-15,17-19H,3-13H2,1-2H3,(H,28,31). The van der Waals surface area contributed by atoms with E-state index in [1.54, 1.807) is 17.5 Å². The third-order valence-electron chi connectivity index (χ3n) is 7.11. The summed E-state index contributed by atoms with van der Waals surface area (Å²) in [5.41, 5.74) is 0.745. The Balaban J connectivity index is 1.13. The molecule has 1 aliphatic carbocycles. The maximum atomic E-state index is 13.8. The van der Waals surface area contributed by atoms with Gasteiger partial charge in [0.25, 0.3) is 5.92 Å². The van der Waals surface area contributed by atoms with Crippen LogP contribution >= 0.6 is 22.9 Å². The molecule has 0 bridgehead atoms. The highest BCUT2D eigenvalue weighted by molar-refractivity contribution is 7.11. The number of halogens is 2. The minimum Gasteiger partial charge on any atom is -0.353 e. The number of likely N-dealkylation sites (tertiary alicyclic amines) is 1. The predicted octanol–water partition coefficient (Wildman–Crippen LogP) is 5.51. The van der Waals surface area contributed by atoms with Crippen molar-refractivity contribution in [2.75, 3.05) is 19.6 Å². The molecule has 1 amide bonds. The summed E-state index contributed by atoms with van der Waals surface area (Å²) in [5.74, 6) is -1.84. The molecule has 33 heavy (non-hydrogen) atoms. The van der Waals surface area contributed by atoms with Crippen molar-refractivity contribution in [3.8, 4) is 0 Å². The molecule has 0 aromatic carbocycles. The quantitative estimate of drug-likeness (QED) is 0.524. The second kappa shape index (κ2) is 10.9. The fourth-order valence-corrected chi connectivity index (χ4v) is 6.82. The Kier molecular flexibility index (Phi) is 8.12. The van der Waals surface area contributed by atoms with Gasteiger partial charge in [0.05, 0.1) is 22.7 Å². The van der Waals surface area contributed by atoms with E-state index in [0.29, 0.717) is 24.1 Å². The first-order chi connectivity index (χ1) is 15.8. The summed E-state index contributed by atoms with van der Waals surface area (Å²) in [5, 5.41) is 5.72. The van der Waals surface area contributed by atoms with Crippen molar-refractivity contribution in [2.45, 2.75) is 83.1 Å². The molecule has 4 rings (SSSR count). The van der Waals surface area contributed by atoms with Gasteiger partial charge in [0, 0.05) is 35.3 Å². The van der Waals surface area contributed by atoms with E-state index in [0.717, 1.165) is 86.5 Å². The molecule has 1 saturated heterocycles. The highest BCUT2D eigenvalue weighted by Gasteiger charge is 2.34. The molecule has 2 aliphatic rings. The summed E-state index contributed by atoms with van der Waals surface area (Å²) in [6.07, 6.45) is 9.66. The highest BCUT2D eigenvalue weighted by Crippen LogP contribution is 2.38. The van der Waals surface area contributed by atoms with Crippen LogP contribution < -0.4 is 5.32 Å². The fourth-order valence-electron chi connectivity index (χ4n) is 5.18. The number of hydrogen-bond donors (Lipinski definition) is 1. The second-order valence-corrected chi connectivity index (χ2v) is 11.7. The van der Waals surface area contributed by atoms with Gasteiger partial charge in [-0.3, -0.25) is 4.79 Å². The van der Waals surface area contributed by atoms with E-state index in [1.165, 1.54) is 11.8 Å². The van der Waals surface area contributed by atoms with Crippen LogP contribution in [0.3, 0.4) is 0 Å². The summed E-state index contributed by atoms with van der Waals surface area (Å²) in [6.45, 7) is 5.92. The number of aromatic nitrogens is 2. The Hall–Kier alpha value is -1.45.